The molecule has 0 unspecified atom stereocenters. The fraction of sp³-hybridized carbons (Fsp3) is 0.429. The van der Waals surface area contributed by atoms with E-state index >= 15 is 0 Å². The largest absolute Gasteiger partial charge is 0.497 e. The molecule has 2 aromatic rings. The molecule has 6 heteroatoms. The Bertz CT molecular complexity index is 532. The lowest BCUT2D eigenvalue weighted by Crippen LogP contribution is -2.08. The standard InChI is InChI=1S/C14H20N4O2/c1-3-4-18-14(16-10-17-18)9-20-13-6-11(8-15)5-12(7-13)19-2/h5-7,10H,3-4,8-9,15H2,1-2H3. The van der Waals surface area contributed by atoms with Crippen molar-refractivity contribution < 1.29 is 9.47 Å². The molecule has 0 fully saturated rings. The molecule has 0 saturated heterocycles. The van der Waals surface area contributed by atoms with Crippen LogP contribution in [0, 0.1) is 0 Å². The van der Waals surface area contributed by atoms with Gasteiger partial charge in [-0.05, 0) is 24.1 Å². The summed E-state index contributed by atoms with van der Waals surface area (Å²) in [7, 11) is 1.62. The highest BCUT2D eigenvalue weighted by Gasteiger charge is 2.06. The molecule has 2 rings (SSSR count). The number of hydrogen-bond donors (Lipinski definition) is 1. The van der Waals surface area contributed by atoms with Crippen molar-refractivity contribution in [1.82, 2.24) is 14.8 Å². The fourth-order valence-electron chi connectivity index (χ4n) is 1.90. The van der Waals surface area contributed by atoms with E-state index in [1.54, 1.807) is 13.4 Å². The average Bonchev–Trinajstić information content (AvgIpc) is 2.92. The first-order valence-electron chi connectivity index (χ1n) is 6.64. The first-order chi connectivity index (χ1) is 9.76. The van der Waals surface area contributed by atoms with Crippen LogP contribution in [0.1, 0.15) is 24.7 Å². The zero-order chi connectivity index (χ0) is 14.4. The van der Waals surface area contributed by atoms with E-state index in [0.717, 1.165) is 35.9 Å². The van der Waals surface area contributed by atoms with E-state index in [2.05, 4.69) is 17.0 Å². The summed E-state index contributed by atoms with van der Waals surface area (Å²) >= 11 is 0. The molecule has 1 heterocycles. The van der Waals surface area contributed by atoms with Gasteiger partial charge in [0.05, 0.1) is 7.11 Å². The van der Waals surface area contributed by atoms with Crippen molar-refractivity contribution in [1.29, 1.82) is 0 Å². The third-order valence-corrected chi connectivity index (χ3v) is 2.91. The van der Waals surface area contributed by atoms with Crippen molar-refractivity contribution in [3.63, 3.8) is 0 Å². The van der Waals surface area contributed by atoms with Gasteiger partial charge in [0.2, 0.25) is 0 Å². The summed E-state index contributed by atoms with van der Waals surface area (Å²) < 4.78 is 12.8. The zero-order valence-electron chi connectivity index (χ0n) is 11.9. The Kier molecular flexibility index (Phi) is 4.95. The van der Waals surface area contributed by atoms with Crippen LogP contribution in [0.4, 0.5) is 0 Å². The first-order valence-corrected chi connectivity index (χ1v) is 6.64. The van der Waals surface area contributed by atoms with E-state index in [4.69, 9.17) is 15.2 Å². The second kappa shape index (κ2) is 6.91. The van der Waals surface area contributed by atoms with Crippen molar-refractivity contribution in [2.24, 2.45) is 5.73 Å². The maximum atomic E-state index is 5.76. The molecule has 0 bridgehead atoms. The molecule has 6 nitrogen and oxygen atoms in total. The highest BCUT2D eigenvalue weighted by molar-refractivity contribution is 5.38. The number of benzene rings is 1. The third-order valence-electron chi connectivity index (χ3n) is 2.91. The maximum absolute atomic E-state index is 5.76. The molecule has 0 atom stereocenters. The Hall–Kier alpha value is -2.08. The van der Waals surface area contributed by atoms with Crippen LogP contribution in [0.25, 0.3) is 0 Å². The molecular formula is C14H20N4O2. The number of ether oxygens (including phenoxy) is 2. The van der Waals surface area contributed by atoms with Crippen molar-refractivity contribution >= 4 is 0 Å². The quantitative estimate of drug-likeness (QED) is 0.833. The van der Waals surface area contributed by atoms with Gasteiger partial charge >= 0.3 is 0 Å². The summed E-state index contributed by atoms with van der Waals surface area (Å²) in [6, 6.07) is 5.63. The lowest BCUT2D eigenvalue weighted by Gasteiger charge is -2.10. The third kappa shape index (κ3) is 3.48. The van der Waals surface area contributed by atoms with Gasteiger partial charge < -0.3 is 15.2 Å². The SMILES string of the molecule is CCCn1ncnc1COc1cc(CN)cc(OC)c1. The Morgan fingerprint density at radius 2 is 2.05 bits per heavy atom. The molecular weight excluding hydrogens is 256 g/mol. The van der Waals surface area contributed by atoms with Gasteiger partial charge in [-0.2, -0.15) is 5.10 Å². The molecule has 108 valence electrons. The van der Waals surface area contributed by atoms with Gasteiger partial charge in [-0.3, -0.25) is 0 Å². The van der Waals surface area contributed by atoms with Crippen molar-refractivity contribution in [2.75, 3.05) is 7.11 Å². The summed E-state index contributed by atoms with van der Waals surface area (Å²) in [5.41, 5.74) is 6.63. The molecule has 2 N–H and O–H groups in total. The van der Waals surface area contributed by atoms with E-state index in [1.807, 2.05) is 22.9 Å². The van der Waals surface area contributed by atoms with Crippen LogP contribution in [0.5, 0.6) is 11.5 Å². The molecule has 0 aliphatic rings. The Morgan fingerprint density at radius 1 is 1.25 bits per heavy atom. The Labute approximate surface area is 118 Å². The zero-order valence-corrected chi connectivity index (χ0v) is 11.9. The topological polar surface area (TPSA) is 75.2 Å². The van der Waals surface area contributed by atoms with E-state index in [1.165, 1.54) is 0 Å². The Morgan fingerprint density at radius 3 is 2.75 bits per heavy atom. The molecule has 1 aromatic heterocycles. The van der Waals surface area contributed by atoms with Gasteiger partial charge in [0.1, 0.15) is 24.4 Å². The minimum atomic E-state index is 0.372. The van der Waals surface area contributed by atoms with Crippen molar-refractivity contribution in [3.8, 4) is 11.5 Å². The first kappa shape index (κ1) is 14.3. The molecule has 0 radical (unpaired) electrons. The molecule has 0 aliphatic carbocycles. The highest BCUT2D eigenvalue weighted by atomic mass is 16.5. The number of hydrogen-bond acceptors (Lipinski definition) is 5. The number of aromatic nitrogens is 3. The Balaban J connectivity index is 2.08. The summed E-state index contributed by atoms with van der Waals surface area (Å²) in [6.45, 7) is 3.75. The normalized spacial score (nSPS) is 10.6. The van der Waals surface area contributed by atoms with Gasteiger partial charge in [0.25, 0.3) is 0 Å². The number of nitrogens with two attached hydrogens (primary N) is 1. The van der Waals surface area contributed by atoms with E-state index in [0.29, 0.717) is 13.2 Å². The van der Waals surface area contributed by atoms with Gasteiger partial charge in [0.15, 0.2) is 5.82 Å². The molecule has 0 amide bonds. The average molecular weight is 276 g/mol. The van der Waals surface area contributed by atoms with Crippen LogP contribution in [0.3, 0.4) is 0 Å². The maximum Gasteiger partial charge on any atom is 0.164 e. The summed E-state index contributed by atoms with van der Waals surface area (Å²) in [5, 5.41) is 4.17. The highest BCUT2D eigenvalue weighted by Crippen LogP contribution is 2.23. The van der Waals surface area contributed by atoms with E-state index < -0.39 is 0 Å². The molecule has 0 saturated carbocycles. The van der Waals surface area contributed by atoms with E-state index in [-0.39, 0.29) is 0 Å². The van der Waals surface area contributed by atoms with Crippen molar-refractivity contribution in [3.05, 3.63) is 35.9 Å². The monoisotopic (exact) mass is 276 g/mol. The predicted molar refractivity (Wildman–Crippen MR) is 75.5 cm³/mol. The molecule has 20 heavy (non-hydrogen) atoms. The number of nitrogens with zero attached hydrogens (tertiary/aromatic N) is 3. The van der Waals surface area contributed by atoms with Crippen LogP contribution < -0.4 is 15.2 Å². The minimum absolute atomic E-state index is 0.372. The van der Waals surface area contributed by atoms with Crippen LogP contribution in [0.15, 0.2) is 24.5 Å². The lowest BCUT2D eigenvalue weighted by atomic mass is 10.2. The second-order valence-corrected chi connectivity index (χ2v) is 4.41. The fourth-order valence-corrected chi connectivity index (χ4v) is 1.90. The van der Waals surface area contributed by atoms with E-state index in [9.17, 15) is 0 Å². The van der Waals surface area contributed by atoms with Crippen LogP contribution >= 0.6 is 0 Å². The molecule has 1 aromatic carbocycles. The number of rotatable bonds is 7. The predicted octanol–water partition coefficient (Wildman–Crippen LogP) is 1.73. The number of methoxy groups -OCH3 is 1. The van der Waals surface area contributed by atoms with Gasteiger partial charge in [-0.1, -0.05) is 6.92 Å². The smallest absolute Gasteiger partial charge is 0.164 e. The second-order valence-electron chi connectivity index (χ2n) is 4.41. The summed E-state index contributed by atoms with van der Waals surface area (Å²) in [5.74, 6) is 2.26. The lowest BCUT2D eigenvalue weighted by molar-refractivity contribution is 0.284. The van der Waals surface area contributed by atoms with Gasteiger partial charge in [0, 0.05) is 19.2 Å². The van der Waals surface area contributed by atoms with Crippen LogP contribution in [-0.2, 0) is 19.7 Å². The summed E-state index contributed by atoms with van der Waals surface area (Å²) in [4.78, 5) is 4.21. The van der Waals surface area contributed by atoms with Crippen LogP contribution in [0.2, 0.25) is 0 Å². The molecule has 0 aliphatic heterocycles. The summed E-state index contributed by atoms with van der Waals surface area (Å²) in [6.07, 6.45) is 2.55. The van der Waals surface area contributed by atoms with Gasteiger partial charge in [-0.15, -0.1) is 0 Å². The molecule has 0 spiro atoms. The van der Waals surface area contributed by atoms with Crippen molar-refractivity contribution in [2.45, 2.75) is 33.0 Å². The van der Waals surface area contributed by atoms with Gasteiger partial charge in [-0.25, -0.2) is 9.67 Å². The van der Waals surface area contributed by atoms with Crippen LogP contribution in [-0.4, -0.2) is 21.9 Å². The number of aryl methyl sites for hydroxylation is 1. The minimum Gasteiger partial charge on any atom is -0.497 e.